The molecule has 0 atom stereocenters. The molecular formula is C22H27N3O5. The minimum atomic E-state index is -0.360. The van der Waals surface area contributed by atoms with E-state index in [1.807, 2.05) is 0 Å². The molecule has 0 radical (unpaired) electrons. The summed E-state index contributed by atoms with van der Waals surface area (Å²) in [5, 5.41) is 5.73. The van der Waals surface area contributed by atoms with Crippen LogP contribution in [0.1, 0.15) is 20.7 Å². The minimum Gasteiger partial charge on any atom is -0.497 e. The van der Waals surface area contributed by atoms with Crippen molar-refractivity contribution in [1.29, 1.82) is 0 Å². The van der Waals surface area contributed by atoms with Gasteiger partial charge in [-0.25, -0.2) is 0 Å². The lowest BCUT2D eigenvalue weighted by Gasteiger charge is -2.26. The summed E-state index contributed by atoms with van der Waals surface area (Å²) in [4.78, 5) is 27.8. The smallest absolute Gasteiger partial charge is 0.255 e. The molecule has 0 aliphatic carbocycles. The molecule has 1 fully saturated rings. The van der Waals surface area contributed by atoms with E-state index in [0.29, 0.717) is 48.1 Å². The molecule has 8 heteroatoms. The number of ether oxygens (including phenoxy) is 3. The van der Waals surface area contributed by atoms with Crippen molar-refractivity contribution in [2.24, 2.45) is 0 Å². The molecule has 2 N–H and O–H groups in total. The number of amides is 2. The fraction of sp³-hybridized carbons (Fsp3) is 0.364. The second kappa shape index (κ2) is 10.6. The topological polar surface area (TPSA) is 89.1 Å². The number of benzene rings is 2. The van der Waals surface area contributed by atoms with E-state index in [1.54, 1.807) is 42.5 Å². The molecule has 0 saturated carbocycles. The lowest BCUT2D eigenvalue weighted by molar-refractivity contribution is 0.0383. The first kappa shape index (κ1) is 21.6. The Labute approximate surface area is 176 Å². The molecule has 1 saturated heterocycles. The van der Waals surface area contributed by atoms with Crippen LogP contribution < -0.4 is 20.1 Å². The Morgan fingerprint density at radius 2 is 1.80 bits per heavy atom. The highest BCUT2D eigenvalue weighted by Gasteiger charge is 2.19. The number of hydrogen-bond acceptors (Lipinski definition) is 6. The average Bonchev–Trinajstić information content (AvgIpc) is 2.79. The van der Waals surface area contributed by atoms with Crippen molar-refractivity contribution in [2.45, 2.75) is 0 Å². The fourth-order valence-electron chi connectivity index (χ4n) is 3.22. The molecule has 0 bridgehead atoms. The van der Waals surface area contributed by atoms with Crippen molar-refractivity contribution in [3.05, 3.63) is 53.6 Å². The Bertz CT molecular complexity index is 881. The summed E-state index contributed by atoms with van der Waals surface area (Å²) < 4.78 is 15.9. The van der Waals surface area contributed by atoms with Crippen molar-refractivity contribution >= 4 is 17.5 Å². The molecule has 2 amide bonds. The molecule has 30 heavy (non-hydrogen) atoms. The maximum absolute atomic E-state index is 12.8. The summed E-state index contributed by atoms with van der Waals surface area (Å²) in [7, 11) is 3.03. The second-order valence-electron chi connectivity index (χ2n) is 6.78. The summed E-state index contributed by atoms with van der Waals surface area (Å²) >= 11 is 0. The number of para-hydroxylation sites is 1. The molecule has 1 aliphatic rings. The molecule has 2 aromatic carbocycles. The number of nitrogens with zero attached hydrogens (tertiary/aromatic N) is 1. The van der Waals surface area contributed by atoms with Crippen LogP contribution in [0.5, 0.6) is 11.5 Å². The summed E-state index contributed by atoms with van der Waals surface area (Å²) in [5.41, 5.74) is 1.09. The molecule has 1 aliphatic heterocycles. The van der Waals surface area contributed by atoms with Gasteiger partial charge in [0, 0.05) is 31.7 Å². The molecule has 160 valence electrons. The average molecular weight is 413 g/mol. The monoisotopic (exact) mass is 413 g/mol. The van der Waals surface area contributed by atoms with E-state index in [0.717, 1.165) is 19.6 Å². The van der Waals surface area contributed by atoms with Gasteiger partial charge < -0.3 is 24.8 Å². The maximum atomic E-state index is 12.8. The third-order valence-electron chi connectivity index (χ3n) is 4.88. The molecule has 3 rings (SSSR count). The number of anilines is 1. The fourth-order valence-corrected chi connectivity index (χ4v) is 3.22. The largest absolute Gasteiger partial charge is 0.497 e. The molecule has 0 spiro atoms. The van der Waals surface area contributed by atoms with Gasteiger partial charge in [0.1, 0.15) is 11.5 Å². The zero-order valence-electron chi connectivity index (χ0n) is 17.3. The molecule has 2 aromatic rings. The Balaban J connectivity index is 1.71. The van der Waals surface area contributed by atoms with Gasteiger partial charge in [-0.1, -0.05) is 12.1 Å². The van der Waals surface area contributed by atoms with E-state index in [9.17, 15) is 9.59 Å². The number of methoxy groups -OCH3 is 2. The summed E-state index contributed by atoms with van der Waals surface area (Å²) in [6.07, 6.45) is 0. The Morgan fingerprint density at radius 3 is 2.53 bits per heavy atom. The van der Waals surface area contributed by atoms with Gasteiger partial charge in [0.2, 0.25) is 0 Å². The van der Waals surface area contributed by atoms with Crippen molar-refractivity contribution < 1.29 is 23.8 Å². The zero-order chi connectivity index (χ0) is 21.3. The second-order valence-corrected chi connectivity index (χ2v) is 6.78. The van der Waals surface area contributed by atoms with Gasteiger partial charge in [-0.3, -0.25) is 14.5 Å². The van der Waals surface area contributed by atoms with Crippen molar-refractivity contribution in [3.8, 4) is 11.5 Å². The van der Waals surface area contributed by atoms with Crippen molar-refractivity contribution in [1.82, 2.24) is 10.2 Å². The molecule has 8 nitrogen and oxygen atoms in total. The molecule has 0 unspecified atom stereocenters. The molecule has 0 aromatic heterocycles. The number of rotatable bonds is 8. The van der Waals surface area contributed by atoms with Crippen LogP contribution in [0.3, 0.4) is 0 Å². The number of nitrogens with one attached hydrogen (secondary N) is 2. The SMILES string of the molecule is COc1cccc(C(=O)Nc2c(OC)cccc2C(=O)NCCN2CCOCC2)c1. The van der Waals surface area contributed by atoms with E-state index >= 15 is 0 Å². The highest BCUT2D eigenvalue weighted by molar-refractivity contribution is 6.10. The van der Waals surface area contributed by atoms with Gasteiger partial charge in [-0.05, 0) is 30.3 Å². The first-order valence-electron chi connectivity index (χ1n) is 9.83. The Kier molecular flexibility index (Phi) is 7.64. The summed E-state index contributed by atoms with van der Waals surface area (Å²) in [5.74, 6) is 0.347. The Morgan fingerprint density at radius 1 is 1.03 bits per heavy atom. The first-order chi connectivity index (χ1) is 14.6. The van der Waals surface area contributed by atoms with Crippen LogP contribution in [0.25, 0.3) is 0 Å². The zero-order valence-corrected chi connectivity index (χ0v) is 17.3. The number of hydrogen-bond donors (Lipinski definition) is 2. The van der Waals surface area contributed by atoms with Crippen LogP contribution in [-0.4, -0.2) is 70.3 Å². The van der Waals surface area contributed by atoms with E-state index in [1.165, 1.54) is 14.2 Å². The van der Waals surface area contributed by atoms with Crippen LogP contribution in [-0.2, 0) is 4.74 Å². The molecule has 1 heterocycles. The predicted molar refractivity (Wildman–Crippen MR) is 114 cm³/mol. The highest BCUT2D eigenvalue weighted by Crippen LogP contribution is 2.29. The number of carbonyl (C=O) groups is 2. The third kappa shape index (κ3) is 5.49. The van der Waals surface area contributed by atoms with Gasteiger partial charge in [0.05, 0.1) is 38.7 Å². The first-order valence-corrected chi connectivity index (χ1v) is 9.83. The van der Waals surface area contributed by atoms with E-state index in [-0.39, 0.29) is 11.8 Å². The van der Waals surface area contributed by atoms with Gasteiger partial charge in [-0.2, -0.15) is 0 Å². The van der Waals surface area contributed by atoms with Crippen LogP contribution in [0.15, 0.2) is 42.5 Å². The normalized spacial score (nSPS) is 14.1. The summed E-state index contributed by atoms with van der Waals surface area (Å²) in [6.45, 7) is 4.38. The van der Waals surface area contributed by atoms with Crippen LogP contribution in [0.2, 0.25) is 0 Å². The van der Waals surface area contributed by atoms with E-state index in [4.69, 9.17) is 14.2 Å². The lowest BCUT2D eigenvalue weighted by atomic mass is 10.1. The van der Waals surface area contributed by atoms with Crippen molar-refractivity contribution in [2.75, 3.05) is 58.9 Å². The van der Waals surface area contributed by atoms with E-state index < -0.39 is 0 Å². The number of morpholine rings is 1. The third-order valence-corrected chi connectivity index (χ3v) is 4.88. The number of carbonyl (C=O) groups excluding carboxylic acids is 2. The predicted octanol–water partition coefficient (Wildman–Crippen LogP) is 2.02. The van der Waals surface area contributed by atoms with Crippen molar-refractivity contribution in [3.63, 3.8) is 0 Å². The minimum absolute atomic E-state index is 0.275. The Hall–Kier alpha value is -3.10. The van der Waals surface area contributed by atoms with Gasteiger partial charge in [0.15, 0.2) is 0 Å². The van der Waals surface area contributed by atoms with E-state index in [2.05, 4.69) is 15.5 Å². The van der Waals surface area contributed by atoms with Gasteiger partial charge in [0.25, 0.3) is 11.8 Å². The maximum Gasteiger partial charge on any atom is 0.255 e. The van der Waals surface area contributed by atoms with Crippen LogP contribution >= 0.6 is 0 Å². The highest BCUT2D eigenvalue weighted by atomic mass is 16.5. The van der Waals surface area contributed by atoms with Gasteiger partial charge in [-0.15, -0.1) is 0 Å². The van der Waals surface area contributed by atoms with Gasteiger partial charge >= 0.3 is 0 Å². The molecular weight excluding hydrogens is 386 g/mol. The lowest BCUT2D eigenvalue weighted by Crippen LogP contribution is -2.41. The quantitative estimate of drug-likeness (QED) is 0.688. The van der Waals surface area contributed by atoms with Crippen LogP contribution in [0, 0.1) is 0 Å². The van der Waals surface area contributed by atoms with Crippen LogP contribution in [0.4, 0.5) is 5.69 Å². The summed E-state index contributed by atoms with van der Waals surface area (Å²) in [6, 6.07) is 11.9. The standard InChI is InChI=1S/C22H27N3O5/c1-28-17-6-3-5-16(15-17)21(26)24-20-18(7-4-8-19(20)29-2)22(27)23-9-10-25-11-13-30-14-12-25/h3-8,15H,9-14H2,1-2H3,(H,23,27)(H,24,26).